The molecule has 2 rings (SSSR count). The lowest BCUT2D eigenvalue weighted by atomic mass is 10.1. The minimum Gasteiger partial charge on any atom is -0.268 e. The highest BCUT2D eigenvalue weighted by molar-refractivity contribution is 7.91. The van der Waals surface area contributed by atoms with Crippen molar-refractivity contribution in [2.75, 3.05) is 4.72 Å². The topological polar surface area (TPSA) is 66.5 Å². The Morgan fingerprint density at radius 3 is 2.35 bits per heavy atom. The number of rotatable bonds is 1. The average Bonchev–Trinajstić information content (AvgIpc) is 2.24. The maximum Gasteiger partial charge on any atom is 0.416 e. The highest BCUT2D eigenvalue weighted by Crippen LogP contribution is 2.35. The van der Waals surface area contributed by atoms with Gasteiger partial charge in [-0.1, -0.05) is 0 Å². The summed E-state index contributed by atoms with van der Waals surface area (Å²) in [5, 5.41) is 0. The summed E-state index contributed by atoms with van der Waals surface area (Å²) < 4.78 is 64.1. The summed E-state index contributed by atoms with van der Waals surface area (Å²) in [7, 11) is -4.18. The van der Waals surface area contributed by atoms with E-state index in [1.807, 2.05) is 4.72 Å². The van der Waals surface area contributed by atoms with Gasteiger partial charge < -0.3 is 0 Å². The fourth-order valence-corrected chi connectivity index (χ4v) is 3.34. The van der Waals surface area contributed by atoms with E-state index in [2.05, 4.69) is 0 Å². The van der Waals surface area contributed by atoms with Crippen LogP contribution in [0.3, 0.4) is 0 Å². The SMILES string of the molecule is CC(C)N1C(=O)c2ccc(C(F)(F)F)cc2NS1(=O)=O. The number of hydrogen-bond acceptors (Lipinski definition) is 3. The van der Waals surface area contributed by atoms with Crippen molar-refractivity contribution >= 4 is 21.8 Å². The number of carbonyl (C=O) groups excluding carboxylic acids is 1. The summed E-state index contributed by atoms with van der Waals surface area (Å²) in [5.41, 5.74) is -1.49. The van der Waals surface area contributed by atoms with E-state index in [-0.39, 0.29) is 11.3 Å². The number of anilines is 1. The van der Waals surface area contributed by atoms with E-state index in [0.717, 1.165) is 12.1 Å². The zero-order chi connectivity index (χ0) is 15.3. The molecule has 0 bridgehead atoms. The van der Waals surface area contributed by atoms with Gasteiger partial charge in [0.05, 0.1) is 16.8 Å². The average molecular weight is 308 g/mol. The van der Waals surface area contributed by atoms with E-state index in [0.29, 0.717) is 10.4 Å². The summed E-state index contributed by atoms with van der Waals surface area (Å²) in [6, 6.07) is 1.69. The van der Waals surface area contributed by atoms with Crippen molar-refractivity contribution < 1.29 is 26.4 Å². The molecule has 0 unspecified atom stereocenters. The summed E-state index contributed by atoms with van der Waals surface area (Å²) in [5.74, 6) is -0.845. The van der Waals surface area contributed by atoms with Gasteiger partial charge in [0.2, 0.25) is 0 Å². The largest absolute Gasteiger partial charge is 0.416 e. The summed E-state index contributed by atoms with van der Waals surface area (Å²) in [6.07, 6.45) is -4.61. The minimum absolute atomic E-state index is 0.110. The Balaban J connectivity index is 2.59. The van der Waals surface area contributed by atoms with Crippen molar-refractivity contribution in [2.45, 2.75) is 26.1 Å². The molecule has 1 heterocycles. The number of carbonyl (C=O) groups is 1. The van der Waals surface area contributed by atoms with Gasteiger partial charge in [0.15, 0.2) is 0 Å². The fourth-order valence-electron chi connectivity index (χ4n) is 1.92. The molecule has 0 saturated heterocycles. The van der Waals surface area contributed by atoms with Crippen molar-refractivity contribution in [1.29, 1.82) is 0 Å². The predicted octanol–water partition coefficient (Wildman–Crippen LogP) is 2.23. The lowest BCUT2D eigenvalue weighted by Crippen LogP contribution is -2.48. The lowest BCUT2D eigenvalue weighted by molar-refractivity contribution is -0.137. The van der Waals surface area contributed by atoms with Gasteiger partial charge in [-0.2, -0.15) is 21.6 Å². The number of nitrogens with zero attached hydrogens (tertiary/aromatic N) is 1. The second-order valence-corrected chi connectivity index (χ2v) is 6.11. The van der Waals surface area contributed by atoms with Crippen molar-refractivity contribution in [2.24, 2.45) is 0 Å². The third-order valence-electron chi connectivity index (χ3n) is 2.74. The quantitative estimate of drug-likeness (QED) is 0.865. The molecule has 5 nitrogen and oxygen atoms in total. The maximum absolute atomic E-state index is 12.6. The van der Waals surface area contributed by atoms with Crippen LogP contribution in [0, 0.1) is 0 Å². The van der Waals surface area contributed by atoms with Gasteiger partial charge in [-0.05, 0) is 32.0 Å². The summed E-state index contributed by atoms with van der Waals surface area (Å²) >= 11 is 0. The number of halogens is 3. The highest BCUT2D eigenvalue weighted by atomic mass is 32.2. The molecule has 0 aliphatic carbocycles. The molecular formula is C11H11F3N2O3S. The smallest absolute Gasteiger partial charge is 0.268 e. The van der Waals surface area contributed by atoms with Crippen LogP contribution in [-0.4, -0.2) is 24.7 Å². The molecule has 1 N–H and O–H groups in total. The van der Waals surface area contributed by atoms with Crippen LogP contribution >= 0.6 is 0 Å². The van der Waals surface area contributed by atoms with Crippen molar-refractivity contribution in [3.8, 4) is 0 Å². The van der Waals surface area contributed by atoms with Crippen molar-refractivity contribution in [3.63, 3.8) is 0 Å². The van der Waals surface area contributed by atoms with Gasteiger partial charge in [0.25, 0.3) is 5.91 Å². The number of alkyl halides is 3. The van der Waals surface area contributed by atoms with E-state index in [1.165, 1.54) is 13.8 Å². The van der Waals surface area contributed by atoms with Crippen LogP contribution in [0.1, 0.15) is 29.8 Å². The van der Waals surface area contributed by atoms with Crippen LogP contribution in [0.4, 0.5) is 18.9 Å². The van der Waals surface area contributed by atoms with Gasteiger partial charge in [0.1, 0.15) is 0 Å². The van der Waals surface area contributed by atoms with E-state index in [9.17, 15) is 26.4 Å². The third kappa shape index (κ3) is 2.33. The molecule has 20 heavy (non-hydrogen) atoms. The Bertz CT molecular complexity index is 668. The number of fused-ring (bicyclic) bond motifs is 1. The van der Waals surface area contributed by atoms with E-state index < -0.39 is 33.9 Å². The number of nitrogens with one attached hydrogen (secondary N) is 1. The van der Waals surface area contributed by atoms with Gasteiger partial charge in [-0.15, -0.1) is 0 Å². The Morgan fingerprint density at radius 2 is 1.85 bits per heavy atom. The van der Waals surface area contributed by atoms with Crippen LogP contribution in [0.15, 0.2) is 18.2 Å². The molecule has 1 aliphatic heterocycles. The van der Waals surface area contributed by atoms with E-state index >= 15 is 0 Å². The van der Waals surface area contributed by atoms with Crippen LogP contribution < -0.4 is 4.72 Å². The van der Waals surface area contributed by atoms with Gasteiger partial charge in [0, 0.05) is 6.04 Å². The second kappa shape index (κ2) is 4.37. The minimum atomic E-state index is -4.61. The first-order valence-corrected chi connectivity index (χ1v) is 7.06. The molecule has 1 aromatic carbocycles. The first-order valence-electron chi connectivity index (χ1n) is 5.62. The van der Waals surface area contributed by atoms with Crippen LogP contribution in [0.5, 0.6) is 0 Å². The molecule has 1 amide bonds. The predicted molar refractivity (Wildman–Crippen MR) is 65.3 cm³/mol. The van der Waals surface area contributed by atoms with Gasteiger partial charge in [-0.25, -0.2) is 4.31 Å². The zero-order valence-electron chi connectivity index (χ0n) is 10.5. The van der Waals surface area contributed by atoms with Crippen LogP contribution in [0.25, 0.3) is 0 Å². The molecule has 0 saturated carbocycles. The molecule has 0 spiro atoms. The third-order valence-corrected chi connectivity index (χ3v) is 4.33. The Kier molecular flexibility index (Phi) is 3.20. The molecule has 9 heteroatoms. The standard InChI is InChI=1S/C11H11F3N2O3S/c1-6(2)16-10(17)8-4-3-7(11(12,13)14)5-9(8)15-20(16,18)19/h3-6,15H,1-2H3. The Hall–Kier alpha value is -1.77. The first-order chi connectivity index (χ1) is 9.04. The monoisotopic (exact) mass is 308 g/mol. The van der Waals surface area contributed by atoms with Crippen LogP contribution in [-0.2, 0) is 16.4 Å². The summed E-state index contributed by atoms with van der Waals surface area (Å²) in [4.78, 5) is 12.1. The number of hydrogen-bond donors (Lipinski definition) is 1. The van der Waals surface area contributed by atoms with Crippen molar-refractivity contribution in [3.05, 3.63) is 29.3 Å². The second-order valence-electron chi connectivity index (χ2n) is 4.56. The first kappa shape index (κ1) is 14.6. The Labute approximate surface area is 113 Å². The normalized spacial score (nSPS) is 17.9. The molecule has 1 aliphatic rings. The van der Waals surface area contributed by atoms with Gasteiger partial charge >= 0.3 is 16.4 Å². The Morgan fingerprint density at radius 1 is 1.25 bits per heavy atom. The molecule has 1 aromatic rings. The molecular weight excluding hydrogens is 297 g/mol. The fraction of sp³-hybridized carbons (Fsp3) is 0.364. The maximum atomic E-state index is 12.6. The van der Waals surface area contributed by atoms with Crippen molar-refractivity contribution in [1.82, 2.24) is 4.31 Å². The number of amides is 1. The molecule has 0 atom stereocenters. The highest BCUT2D eigenvalue weighted by Gasteiger charge is 2.39. The lowest BCUT2D eigenvalue weighted by Gasteiger charge is -2.31. The van der Waals surface area contributed by atoms with Crippen LogP contribution in [0.2, 0.25) is 0 Å². The number of benzene rings is 1. The molecule has 0 radical (unpaired) electrons. The summed E-state index contributed by atoms with van der Waals surface area (Å²) in [6.45, 7) is 2.98. The molecule has 0 aromatic heterocycles. The zero-order valence-corrected chi connectivity index (χ0v) is 11.3. The molecule has 110 valence electrons. The molecule has 0 fully saturated rings. The van der Waals surface area contributed by atoms with E-state index in [1.54, 1.807) is 0 Å². The van der Waals surface area contributed by atoms with E-state index in [4.69, 9.17) is 0 Å². The van der Waals surface area contributed by atoms with Gasteiger partial charge in [-0.3, -0.25) is 9.52 Å².